The van der Waals surface area contributed by atoms with Gasteiger partial charge in [0.25, 0.3) is 5.69 Å². The Morgan fingerprint density at radius 2 is 2.25 bits per heavy atom. The summed E-state index contributed by atoms with van der Waals surface area (Å²) in [7, 11) is 0. The number of nitrogens with zero attached hydrogens (tertiary/aromatic N) is 1. The molecule has 0 radical (unpaired) electrons. The first-order valence-electron chi connectivity index (χ1n) is 4.38. The van der Waals surface area contributed by atoms with Crippen LogP contribution >= 0.6 is 11.6 Å². The Morgan fingerprint density at radius 3 is 2.75 bits per heavy atom. The summed E-state index contributed by atoms with van der Waals surface area (Å²) in [5.74, 6) is -0.733. The van der Waals surface area contributed by atoms with Crippen molar-refractivity contribution in [3.05, 3.63) is 32.8 Å². The number of halogens is 1. The summed E-state index contributed by atoms with van der Waals surface area (Å²) >= 11 is 5.71. The van der Waals surface area contributed by atoms with Crippen molar-refractivity contribution in [3.63, 3.8) is 0 Å². The molecule has 0 heterocycles. The minimum Gasteiger partial charge on any atom is -0.462 e. The molecule has 0 atom stereocenters. The highest BCUT2D eigenvalue weighted by molar-refractivity contribution is 6.35. The number of nitro groups is 1. The molecule has 1 aromatic rings. The van der Waals surface area contributed by atoms with Crippen molar-refractivity contribution < 1.29 is 14.5 Å². The average molecular weight is 245 g/mol. The summed E-state index contributed by atoms with van der Waals surface area (Å²) in [5, 5.41) is 10.4. The number of anilines is 1. The summed E-state index contributed by atoms with van der Waals surface area (Å²) in [5.41, 5.74) is 5.00. The average Bonchev–Trinajstić information content (AvgIpc) is 2.20. The monoisotopic (exact) mass is 244 g/mol. The second-order valence-electron chi connectivity index (χ2n) is 2.88. The second kappa shape index (κ2) is 4.80. The Hall–Kier alpha value is -1.82. The van der Waals surface area contributed by atoms with Crippen molar-refractivity contribution in [2.45, 2.75) is 6.92 Å². The molecular formula is C9H9ClN2O4. The molecule has 0 unspecified atom stereocenters. The number of nitrogen functional groups attached to an aromatic ring is 1. The van der Waals surface area contributed by atoms with Gasteiger partial charge in [-0.15, -0.1) is 0 Å². The lowest BCUT2D eigenvalue weighted by Crippen LogP contribution is -2.07. The van der Waals surface area contributed by atoms with Gasteiger partial charge in [0.1, 0.15) is 5.02 Å². The van der Waals surface area contributed by atoms with E-state index in [1.165, 1.54) is 6.07 Å². The predicted molar refractivity (Wildman–Crippen MR) is 58.5 cm³/mol. The van der Waals surface area contributed by atoms with E-state index >= 15 is 0 Å². The van der Waals surface area contributed by atoms with Crippen molar-refractivity contribution >= 4 is 28.9 Å². The number of carbonyl (C=O) groups is 1. The Morgan fingerprint density at radius 1 is 1.62 bits per heavy atom. The van der Waals surface area contributed by atoms with E-state index in [-0.39, 0.29) is 22.9 Å². The molecular weight excluding hydrogens is 236 g/mol. The molecule has 0 aliphatic heterocycles. The van der Waals surface area contributed by atoms with Gasteiger partial charge in [0.05, 0.1) is 17.1 Å². The maximum absolute atomic E-state index is 11.4. The minimum absolute atomic E-state index is 0.0825. The Balaban J connectivity index is 3.29. The summed E-state index contributed by atoms with van der Waals surface area (Å²) in [4.78, 5) is 21.3. The lowest BCUT2D eigenvalue weighted by molar-refractivity contribution is -0.384. The molecule has 0 aromatic heterocycles. The Bertz CT molecular complexity index is 447. The number of nitro benzene ring substituents is 1. The third-order valence-corrected chi connectivity index (χ3v) is 2.17. The van der Waals surface area contributed by atoms with Gasteiger partial charge in [-0.3, -0.25) is 10.1 Å². The van der Waals surface area contributed by atoms with E-state index in [1.54, 1.807) is 6.92 Å². The summed E-state index contributed by atoms with van der Waals surface area (Å²) in [6, 6.07) is 2.33. The van der Waals surface area contributed by atoms with E-state index < -0.39 is 16.6 Å². The first-order valence-corrected chi connectivity index (χ1v) is 4.75. The standard InChI is InChI=1S/C9H9ClN2O4/c1-2-16-9(13)6-3-5(11)4-7(8(6)10)12(14)15/h3-4H,2,11H2,1H3. The number of hydrogen-bond donors (Lipinski definition) is 1. The molecule has 7 heteroatoms. The quantitative estimate of drug-likeness (QED) is 0.380. The molecule has 2 N–H and O–H groups in total. The minimum atomic E-state index is -0.733. The zero-order valence-corrected chi connectivity index (χ0v) is 9.15. The van der Waals surface area contributed by atoms with Crippen LogP contribution in [0.15, 0.2) is 12.1 Å². The van der Waals surface area contributed by atoms with Crippen molar-refractivity contribution in [2.75, 3.05) is 12.3 Å². The number of benzene rings is 1. The van der Waals surface area contributed by atoms with Gasteiger partial charge in [0, 0.05) is 11.8 Å². The normalized spacial score (nSPS) is 9.88. The summed E-state index contributed by atoms with van der Waals surface area (Å²) in [6.07, 6.45) is 0. The molecule has 1 aromatic carbocycles. The predicted octanol–water partition coefficient (Wildman–Crippen LogP) is 2.01. The molecule has 0 aliphatic rings. The van der Waals surface area contributed by atoms with Crippen molar-refractivity contribution in [3.8, 4) is 0 Å². The SMILES string of the molecule is CCOC(=O)c1cc(N)cc([N+](=O)[O-])c1Cl. The molecule has 0 saturated heterocycles. The first-order chi connectivity index (χ1) is 7.47. The van der Waals surface area contributed by atoms with E-state index in [0.717, 1.165) is 6.07 Å². The highest BCUT2D eigenvalue weighted by Gasteiger charge is 2.22. The van der Waals surface area contributed by atoms with Crippen LogP contribution in [-0.2, 0) is 4.74 Å². The Labute approximate surface area is 96.1 Å². The van der Waals surface area contributed by atoms with E-state index in [0.29, 0.717) is 0 Å². The second-order valence-corrected chi connectivity index (χ2v) is 3.26. The van der Waals surface area contributed by atoms with Crippen LogP contribution in [0.2, 0.25) is 5.02 Å². The van der Waals surface area contributed by atoms with Crippen LogP contribution in [0.1, 0.15) is 17.3 Å². The molecule has 0 fully saturated rings. The van der Waals surface area contributed by atoms with Gasteiger partial charge in [0.15, 0.2) is 0 Å². The van der Waals surface area contributed by atoms with Crippen LogP contribution in [0.4, 0.5) is 11.4 Å². The lowest BCUT2D eigenvalue weighted by Gasteiger charge is -2.05. The summed E-state index contributed by atoms with van der Waals surface area (Å²) in [6.45, 7) is 1.77. The molecule has 1 rings (SSSR count). The third kappa shape index (κ3) is 2.40. The van der Waals surface area contributed by atoms with Gasteiger partial charge >= 0.3 is 5.97 Å². The largest absolute Gasteiger partial charge is 0.462 e. The van der Waals surface area contributed by atoms with Gasteiger partial charge in [-0.1, -0.05) is 11.6 Å². The number of rotatable bonds is 3. The Kier molecular flexibility index (Phi) is 3.68. The van der Waals surface area contributed by atoms with Crippen molar-refractivity contribution in [2.24, 2.45) is 0 Å². The molecule has 6 nitrogen and oxygen atoms in total. The van der Waals surface area contributed by atoms with Crippen molar-refractivity contribution in [1.82, 2.24) is 0 Å². The van der Waals surface area contributed by atoms with E-state index in [1.807, 2.05) is 0 Å². The fourth-order valence-electron chi connectivity index (χ4n) is 1.12. The van der Waals surface area contributed by atoms with Crippen molar-refractivity contribution in [1.29, 1.82) is 0 Å². The molecule has 0 aliphatic carbocycles. The van der Waals surface area contributed by atoms with Crippen LogP contribution in [0.5, 0.6) is 0 Å². The van der Waals surface area contributed by atoms with Crippen LogP contribution in [0.3, 0.4) is 0 Å². The zero-order valence-electron chi connectivity index (χ0n) is 8.40. The van der Waals surface area contributed by atoms with E-state index in [9.17, 15) is 14.9 Å². The third-order valence-electron chi connectivity index (χ3n) is 1.77. The molecule has 0 spiro atoms. The first kappa shape index (κ1) is 12.3. The lowest BCUT2D eigenvalue weighted by atomic mass is 10.1. The zero-order chi connectivity index (χ0) is 12.3. The fourth-order valence-corrected chi connectivity index (χ4v) is 1.38. The fraction of sp³-hybridized carbons (Fsp3) is 0.222. The molecule has 0 amide bonds. The van der Waals surface area contributed by atoms with Gasteiger partial charge in [-0.05, 0) is 13.0 Å². The highest BCUT2D eigenvalue weighted by atomic mass is 35.5. The van der Waals surface area contributed by atoms with Crippen LogP contribution < -0.4 is 5.73 Å². The van der Waals surface area contributed by atoms with Crippen LogP contribution in [-0.4, -0.2) is 17.5 Å². The maximum atomic E-state index is 11.4. The molecule has 16 heavy (non-hydrogen) atoms. The number of esters is 1. The number of hydrogen-bond acceptors (Lipinski definition) is 5. The molecule has 0 saturated carbocycles. The van der Waals surface area contributed by atoms with Gasteiger partial charge in [-0.25, -0.2) is 4.79 Å². The van der Waals surface area contributed by atoms with Gasteiger partial charge in [-0.2, -0.15) is 0 Å². The van der Waals surface area contributed by atoms with Crippen LogP contribution in [0.25, 0.3) is 0 Å². The highest BCUT2D eigenvalue weighted by Crippen LogP contribution is 2.31. The van der Waals surface area contributed by atoms with E-state index in [2.05, 4.69) is 0 Å². The van der Waals surface area contributed by atoms with Crippen LogP contribution in [0, 0.1) is 10.1 Å². The van der Waals surface area contributed by atoms with Gasteiger partial charge < -0.3 is 10.5 Å². The smallest absolute Gasteiger partial charge is 0.339 e. The topological polar surface area (TPSA) is 95.5 Å². The maximum Gasteiger partial charge on any atom is 0.339 e. The van der Waals surface area contributed by atoms with E-state index in [4.69, 9.17) is 22.1 Å². The number of ether oxygens (including phenoxy) is 1. The molecule has 0 bridgehead atoms. The van der Waals surface area contributed by atoms with Gasteiger partial charge in [0.2, 0.25) is 0 Å². The molecule has 86 valence electrons. The number of carbonyl (C=O) groups excluding carboxylic acids is 1. The summed E-state index contributed by atoms with van der Waals surface area (Å²) < 4.78 is 4.70. The number of nitrogens with two attached hydrogens (primary N) is 1.